The first-order valence-electron chi connectivity index (χ1n) is 8.95. The van der Waals surface area contributed by atoms with Crippen molar-refractivity contribution in [2.45, 2.75) is 40.2 Å². The van der Waals surface area contributed by atoms with E-state index in [-0.39, 0.29) is 35.5 Å². The van der Waals surface area contributed by atoms with Gasteiger partial charge in [0.15, 0.2) is 5.96 Å². The van der Waals surface area contributed by atoms with Gasteiger partial charge in [0, 0.05) is 64.8 Å². The molecule has 7 nitrogen and oxygen atoms in total. The molecular weight excluding hydrogens is 463 g/mol. The van der Waals surface area contributed by atoms with Crippen LogP contribution in [0.1, 0.15) is 33.5 Å². The Morgan fingerprint density at radius 1 is 1.31 bits per heavy atom. The zero-order valence-corrected chi connectivity index (χ0v) is 19.9. The molecule has 1 aromatic heterocycles. The molecule has 1 N–H and O–H groups in total. The predicted octanol–water partition coefficient (Wildman–Crippen LogP) is 2.48. The van der Waals surface area contributed by atoms with Crippen molar-refractivity contribution in [3.05, 3.63) is 5.82 Å². The highest BCUT2D eigenvalue weighted by Crippen LogP contribution is 2.21. The Balaban J connectivity index is 0.00000338. The number of guanidine groups is 1. The number of aryl methyl sites for hydroxylation is 1. The topological polar surface area (TPSA) is 65.9 Å². The average molecular weight is 496 g/mol. The van der Waals surface area contributed by atoms with Crippen LogP contribution in [-0.4, -0.2) is 73.2 Å². The van der Waals surface area contributed by atoms with Gasteiger partial charge in [-0.3, -0.25) is 4.99 Å². The van der Waals surface area contributed by atoms with Gasteiger partial charge in [-0.2, -0.15) is 4.37 Å². The highest BCUT2D eigenvalue weighted by atomic mass is 127. The number of hydrogen-bond donors (Lipinski definition) is 1. The Morgan fingerprint density at radius 2 is 1.96 bits per heavy atom. The van der Waals surface area contributed by atoms with Crippen molar-refractivity contribution in [1.29, 1.82) is 0 Å². The molecule has 2 heterocycles. The molecule has 1 unspecified atom stereocenters. The molecule has 0 aliphatic carbocycles. The van der Waals surface area contributed by atoms with E-state index in [0.717, 1.165) is 56.1 Å². The van der Waals surface area contributed by atoms with E-state index in [1.807, 2.05) is 7.05 Å². The molecule has 0 spiro atoms. The molecule has 1 aromatic rings. The van der Waals surface area contributed by atoms with Gasteiger partial charge in [-0.25, -0.2) is 4.98 Å². The number of piperazine rings is 1. The molecule has 1 aliphatic heterocycles. The molecule has 0 saturated carbocycles. The summed E-state index contributed by atoms with van der Waals surface area (Å²) in [6, 6.07) is 0. The van der Waals surface area contributed by atoms with Crippen LogP contribution in [0.2, 0.25) is 0 Å². The number of aliphatic imine (C=N–C) groups is 1. The van der Waals surface area contributed by atoms with Crippen LogP contribution in [0.3, 0.4) is 0 Å². The average Bonchev–Trinajstić information content (AvgIpc) is 3.07. The van der Waals surface area contributed by atoms with Crippen molar-refractivity contribution in [3.63, 3.8) is 0 Å². The summed E-state index contributed by atoms with van der Waals surface area (Å²) >= 11 is 1.50. The molecule has 0 aromatic carbocycles. The van der Waals surface area contributed by atoms with Crippen LogP contribution in [0.15, 0.2) is 4.99 Å². The van der Waals surface area contributed by atoms with Crippen LogP contribution in [0.5, 0.6) is 0 Å². The van der Waals surface area contributed by atoms with Crippen LogP contribution in [-0.2, 0) is 11.2 Å². The van der Waals surface area contributed by atoms with Gasteiger partial charge in [0.25, 0.3) is 0 Å². The third-order valence-corrected chi connectivity index (χ3v) is 5.35. The number of ether oxygens (including phenoxy) is 1. The van der Waals surface area contributed by atoms with E-state index in [4.69, 9.17) is 4.74 Å². The first-order chi connectivity index (χ1) is 11.9. The molecule has 0 amide bonds. The fraction of sp³-hybridized carbons (Fsp3) is 0.824. The summed E-state index contributed by atoms with van der Waals surface area (Å²) in [6.07, 6.45) is 1.03. The minimum Gasteiger partial charge on any atom is -0.379 e. The molecule has 150 valence electrons. The van der Waals surface area contributed by atoms with E-state index in [9.17, 15) is 0 Å². The fourth-order valence-corrected chi connectivity index (χ4v) is 3.69. The van der Waals surface area contributed by atoms with Crippen LogP contribution >= 0.6 is 35.5 Å². The maximum absolute atomic E-state index is 5.63. The van der Waals surface area contributed by atoms with E-state index in [1.165, 1.54) is 11.5 Å². The van der Waals surface area contributed by atoms with Crippen molar-refractivity contribution in [3.8, 4) is 0 Å². The summed E-state index contributed by atoms with van der Waals surface area (Å²) in [5, 5.41) is 4.51. The minimum absolute atomic E-state index is 0. The Bertz CT molecular complexity index is 566. The third-order valence-electron chi connectivity index (χ3n) is 4.53. The van der Waals surface area contributed by atoms with E-state index in [1.54, 1.807) is 7.11 Å². The first kappa shape index (κ1) is 23.4. The second kappa shape index (κ2) is 10.6. The van der Waals surface area contributed by atoms with Gasteiger partial charge in [-0.1, -0.05) is 27.7 Å². The number of anilines is 1. The lowest BCUT2D eigenvalue weighted by Crippen LogP contribution is -2.54. The minimum atomic E-state index is 0. The third kappa shape index (κ3) is 6.19. The van der Waals surface area contributed by atoms with Crippen molar-refractivity contribution < 1.29 is 4.74 Å². The number of methoxy groups -OCH3 is 1. The normalized spacial score (nSPS) is 17.1. The summed E-state index contributed by atoms with van der Waals surface area (Å²) < 4.78 is 10.0. The number of hydrogen-bond acceptors (Lipinski definition) is 6. The van der Waals surface area contributed by atoms with Crippen LogP contribution in [0.4, 0.5) is 5.13 Å². The lowest BCUT2D eigenvalue weighted by molar-refractivity contribution is 0.0201. The summed E-state index contributed by atoms with van der Waals surface area (Å²) in [5.74, 6) is 1.88. The van der Waals surface area contributed by atoms with Gasteiger partial charge < -0.3 is 19.9 Å². The smallest absolute Gasteiger partial charge is 0.205 e. The molecule has 1 atom stereocenters. The van der Waals surface area contributed by atoms with Crippen molar-refractivity contribution in [2.75, 3.05) is 51.8 Å². The summed E-state index contributed by atoms with van der Waals surface area (Å²) in [4.78, 5) is 13.7. The second-order valence-corrected chi connectivity index (χ2v) is 8.07. The first-order valence-corrected chi connectivity index (χ1v) is 9.72. The number of nitrogens with one attached hydrogen (secondary N) is 1. The number of halogens is 1. The molecular formula is C17H33IN6OS. The van der Waals surface area contributed by atoms with Crippen LogP contribution in [0, 0.1) is 5.41 Å². The summed E-state index contributed by atoms with van der Waals surface area (Å²) in [7, 11) is 3.61. The number of nitrogens with zero attached hydrogens (tertiary/aromatic N) is 5. The Hall–Kier alpha value is -0.680. The van der Waals surface area contributed by atoms with Crippen molar-refractivity contribution >= 4 is 46.6 Å². The molecule has 1 saturated heterocycles. The molecule has 1 aliphatic rings. The molecule has 26 heavy (non-hydrogen) atoms. The highest BCUT2D eigenvalue weighted by molar-refractivity contribution is 14.0. The van der Waals surface area contributed by atoms with Crippen molar-refractivity contribution in [2.24, 2.45) is 10.4 Å². The fourth-order valence-electron chi connectivity index (χ4n) is 2.89. The SMILES string of the molecule is CCc1nsc(N2CCN(C(=NC)NCC(OC)C(C)(C)C)CC2)n1.I. The lowest BCUT2D eigenvalue weighted by atomic mass is 9.89. The van der Waals surface area contributed by atoms with Crippen molar-refractivity contribution in [1.82, 2.24) is 19.6 Å². The maximum Gasteiger partial charge on any atom is 0.205 e. The zero-order valence-electron chi connectivity index (χ0n) is 16.8. The lowest BCUT2D eigenvalue weighted by Gasteiger charge is -2.37. The van der Waals surface area contributed by atoms with Crippen LogP contribution in [0.25, 0.3) is 0 Å². The number of rotatable bonds is 5. The predicted molar refractivity (Wildman–Crippen MR) is 120 cm³/mol. The molecule has 0 radical (unpaired) electrons. The van der Waals surface area contributed by atoms with Gasteiger partial charge in [0.05, 0.1) is 6.10 Å². The van der Waals surface area contributed by atoms with Gasteiger partial charge in [0.2, 0.25) is 5.13 Å². The van der Waals surface area contributed by atoms with Gasteiger partial charge >= 0.3 is 0 Å². The molecule has 1 fully saturated rings. The van der Waals surface area contributed by atoms with E-state index in [0.29, 0.717) is 0 Å². The molecule has 0 bridgehead atoms. The van der Waals surface area contributed by atoms with Gasteiger partial charge in [0.1, 0.15) is 5.82 Å². The quantitative estimate of drug-likeness (QED) is 0.384. The zero-order chi connectivity index (χ0) is 18.4. The van der Waals surface area contributed by atoms with Crippen LogP contribution < -0.4 is 10.2 Å². The standard InChI is InChI=1S/C17H32N6OS.HI/c1-7-14-20-16(25-21-14)23-10-8-22(9-11-23)15(18-5)19-12-13(24-6)17(2,3)4;/h13H,7-12H2,1-6H3,(H,18,19);1H. The van der Waals surface area contributed by atoms with E-state index >= 15 is 0 Å². The second-order valence-electron chi connectivity index (χ2n) is 7.34. The molecule has 2 rings (SSSR count). The van der Waals surface area contributed by atoms with E-state index in [2.05, 4.69) is 57.2 Å². The van der Waals surface area contributed by atoms with E-state index < -0.39 is 0 Å². The Morgan fingerprint density at radius 3 is 2.42 bits per heavy atom. The summed E-state index contributed by atoms with van der Waals surface area (Å²) in [5.41, 5.74) is 0.0914. The van der Waals surface area contributed by atoms with Gasteiger partial charge in [-0.05, 0) is 5.41 Å². The molecule has 9 heteroatoms. The maximum atomic E-state index is 5.63. The van der Waals surface area contributed by atoms with Gasteiger partial charge in [-0.15, -0.1) is 24.0 Å². The largest absolute Gasteiger partial charge is 0.379 e. The highest BCUT2D eigenvalue weighted by Gasteiger charge is 2.26. The monoisotopic (exact) mass is 496 g/mol. The summed E-state index contributed by atoms with van der Waals surface area (Å²) in [6.45, 7) is 13.1. The Kier molecular flexibility index (Phi) is 9.53. The Labute approximate surface area is 178 Å². The number of aromatic nitrogens is 2.